The van der Waals surface area contributed by atoms with Crippen LogP contribution in [0.4, 0.5) is 0 Å². The molecular formula is C16H15N3O2S2. The van der Waals surface area contributed by atoms with E-state index in [1.165, 1.54) is 16.9 Å². The summed E-state index contributed by atoms with van der Waals surface area (Å²) in [4.78, 5) is 9.04. The standard InChI is InChI=1S/C16H15N3O2S2/c20-23(21,15-10-22-14-7-2-1-5-12(14)15)18-9-16-17-8-11-4-3-6-13(11)19-16/h1-2,5,7-8,10,18H,3-4,6,9H2. The third-order valence-electron chi connectivity index (χ3n) is 4.02. The lowest BCUT2D eigenvalue weighted by Crippen LogP contribution is -2.24. The molecule has 0 saturated heterocycles. The molecule has 2 aromatic heterocycles. The molecule has 5 nitrogen and oxygen atoms in total. The van der Waals surface area contributed by atoms with Crippen molar-refractivity contribution in [3.63, 3.8) is 0 Å². The molecule has 7 heteroatoms. The van der Waals surface area contributed by atoms with E-state index in [0.717, 1.165) is 35.0 Å². The van der Waals surface area contributed by atoms with Crippen molar-refractivity contribution >= 4 is 31.4 Å². The Kier molecular flexibility index (Phi) is 3.63. The van der Waals surface area contributed by atoms with E-state index in [-0.39, 0.29) is 6.54 Å². The van der Waals surface area contributed by atoms with Gasteiger partial charge in [0, 0.05) is 27.4 Å². The number of aromatic nitrogens is 2. The van der Waals surface area contributed by atoms with Gasteiger partial charge in [-0.05, 0) is 30.9 Å². The molecule has 0 radical (unpaired) electrons. The largest absolute Gasteiger partial charge is 0.242 e. The zero-order valence-corrected chi connectivity index (χ0v) is 14.0. The quantitative estimate of drug-likeness (QED) is 0.789. The lowest BCUT2D eigenvalue weighted by Gasteiger charge is -2.06. The molecule has 0 bridgehead atoms. The molecule has 0 saturated carbocycles. The van der Waals surface area contributed by atoms with Crippen LogP contribution < -0.4 is 4.72 Å². The van der Waals surface area contributed by atoms with Gasteiger partial charge in [-0.1, -0.05) is 18.2 Å². The summed E-state index contributed by atoms with van der Waals surface area (Å²) in [5.74, 6) is 0.522. The Morgan fingerprint density at radius 2 is 2.09 bits per heavy atom. The van der Waals surface area contributed by atoms with E-state index in [1.54, 1.807) is 5.38 Å². The highest BCUT2D eigenvalue weighted by molar-refractivity contribution is 7.89. The molecule has 0 spiro atoms. The maximum Gasteiger partial charge on any atom is 0.242 e. The van der Waals surface area contributed by atoms with Gasteiger partial charge in [-0.25, -0.2) is 23.1 Å². The van der Waals surface area contributed by atoms with E-state index in [9.17, 15) is 8.42 Å². The molecule has 3 aromatic rings. The fourth-order valence-electron chi connectivity index (χ4n) is 2.84. The van der Waals surface area contributed by atoms with E-state index >= 15 is 0 Å². The number of sulfonamides is 1. The Labute approximate surface area is 138 Å². The Hall–Kier alpha value is -1.83. The molecule has 0 unspecified atom stereocenters. The lowest BCUT2D eigenvalue weighted by molar-refractivity contribution is 0.580. The van der Waals surface area contributed by atoms with E-state index in [4.69, 9.17) is 0 Å². The normalized spacial score (nSPS) is 14.3. The molecule has 0 fully saturated rings. The first-order valence-electron chi connectivity index (χ1n) is 7.43. The number of thiophene rings is 1. The second-order valence-corrected chi connectivity index (χ2v) is 8.18. The minimum atomic E-state index is -3.58. The van der Waals surface area contributed by atoms with Gasteiger partial charge in [-0.3, -0.25) is 0 Å². The summed E-state index contributed by atoms with van der Waals surface area (Å²) in [7, 11) is -3.58. The summed E-state index contributed by atoms with van der Waals surface area (Å²) in [5, 5.41) is 2.43. The highest BCUT2D eigenvalue weighted by Gasteiger charge is 2.20. The number of nitrogens with zero attached hydrogens (tertiary/aromatic N) is 2. The van der Waals surface area contributed by atoms with Gasteiger partial charge in [-0.2, -0.15) is 0 Å². The number of fused-ring (bicyclic) bond motifs is 2. The molecule has 2 heterocycles. The van der Waals surface area contributed by atoms with Crippen molar-refractivity contribution in [3.05, 3.63) is 52.9 Å². The number of aryl methyl sites for hydroxylation is 2. The van der Waals surface area contributed by atoms with Crippen LogP contribution in [0, 0.1) is 0 Å². The van der Waals surface area contributed by atoms with Crippen LogP contribution in [0.3, 0.4) is 0 Å². The zero-order valence-electron chi connectivity index (χ0n) is 12.3. The second-order valence-electron chi connectivity index (χ2n) is 5.53. The summed E-state index contributed by atoms with van der Waals surface area (Å²) in [6.45, 7) is 0.111. The molecule has 23 heavy (non-hydrogen) atoms. The predicted octanol–water partition coefficient (Wildman–Crippen LogP) is 2.66. The van der Waals surface area contributed by atoms with Crippen LogP contribution in [-0.4, -0.2) is 18.4 Å². The lowest BCUT2D eigenvalue weighted by atomic mass is 10.3. The van der Waals surface area contributed by atoms with Gasteiger partial charge in [0.25, 0.3) is 0 Å². The third kappa shape index (κ3) is 2.75. The Morgan fingerprint density at radius 1 is 1.22 bits per heavy atom. The summed E-state index contributed by atoms with van der Waals surface area (Å²) in [6.07, 6.45) is 4.88. The number of hydrogen-bond acceptors (Lipinski definition) is 5. The number of rotatable bonds is 4. The minimum Gasteiger partial charge on any atom is -0.240 e. The molecule has 0 aliphatic heterocycles. The molecule has 1 aliphatic carbocycles. The summed E-state index contributed by atoms with van der Waals surface area (Å²) < 4.78 is 28.7. The SMILES string of the molecule is O=S(=O)(NCc1ncc2c(n1)CCC2)c1csc2ccccc12. The molecule has 0 amide bonds. The summed E-state index contributed by atoms with van der Waals surface area (Å²) in [5.41, 5.74) is 2.23. The monoisotopic (exact) mass is 345 g/mol. The van der Waals surface area contributed by atoms with Gasteiger partial charge < -0.3 is 0 Å². The molecule has 1 aliphatic rings. The minimum absolute atomic E-state index is 0.111. The highest BCUT2D eigenvalue weighted by atomic mass is 32.2. The van der Waals surface area contributed by atoms with E-state index in [0.29, 0.717) is 10.7 Å². The maximum absolute atomic E-state index is 12.6. The maximum atomic E-state index is 12.6. The summed E-state index contributed by atoms with van der Waals surface area (Å²) >= 11 is 1.43. The van der Waals surface area contributed by atoms with Crippen LogP contribution in [0.1, 0.15) is 23.5 Å². The Morgan fingerprint density at radius 3 is 3.00 bits per heavy atom. The van der Waals surface area contributed by atoms with Gasteiger partial charge in [0.05, 0.1) is 6.54 Å². The average molecular weight is 345 g/mol. The average Bonchev–Trinajstić information content (AvgIpc) is 3.19. The molecule has 118 valence electrons. The first-order valence-corrected chi connectivity index (χ1v) is 9.79. The topological polar surface area (TPSA) is 72.0 Å². The van der Waals surface area contributed by atoms with Crippen LogP contribution in [-0.2, 0) is 29.4 Å². The Balaban J connectivity index is 1.58. The second kappa shape index (κ2) is 5.67. The van der Waals surface area contributed by atoms with Crippen LogP contribution >= 0.6 is 11.3 Å². The van der Waals surface area contributed by atoms with Crippen LogP contribution in [0.25, 0.3) is 10.1 Å². The predicted molar refractivity (Wildman–Crippen MR) is 89.9 cm³/mol. The van der Waals surface area contributed by atoms with Crippen LogP contribution in [0.2, 0.25) is 0 Å². The fraction of sp³-hybridized carbons (Fsp3) is 0.250. The number of hydrogen-bond donors (Lipinski definition) is 1. The van der Waals surface area contributed by atoms with Gasteiger partial charge in [0.2, 0.25) is 10.0 Å². The summed E-state index contributed by atoms with van der Waals surface area (Å²) in [6, 6.07) is 7.49. The van der Waals surface area contributed by atoms with Gasteiger partial charge >= 0.3 is 0 Å². The van der Waals surface area contributed by atoms with Crippen molar-refractivity contribution in [3.8, 4) is 0 Å². The van der Waals surface area contributed by atoms with Crippen molar-refractivity contribution in [2.45, 2.75) is 30.7 Å². The number of benzene rings is 1. The van der Waals surface area contributed by atoms with Crippen molar-refractivity contribution in [1.82, 2.24) is 14.7 Å². The van der Waals surface area contributed by atoms with Gasteiger partial charge in [0.1, 0.15) is 10.7 Å². The highest BCUT2D eigenvalue weighted by Crippen LogP contribution is 2.29. The van der Waals surface area contributed by atoms with Crippen molar-refractivity contribution in [2.75, 3.05) is 0 Å². The molecule has 1 aromatic carbocycles. The van der Waals surface area contributed by atoms with Crippen molar-refractivity contribution in [1.29, 1.82) is 0 Å². The van der Waals surface area contributed by atoms with Crippen molar-refractivity contribution in [2.24, 2.45) is 0 Å². The van der Waals surface area contributed by atoms with E-state index in [2.05, 4.69) is 14.7 Å². The molecular weight excluding hydrogens is 330 g/mol. The van der Waals surface area contributed by atoms with Crippen molar-refractivity contribution < 1.29 is 8.42 Å². The first-order chi connectivity index (χ1) is 11.1. The van der Waals surface area contributed by atoms with Crippen LogP contribution in [0.5, 0.6) is 0 Å². The van der Waals surface area contributed by atoms with Gasteiger partial charge in [-0.15, -0.1) is 11.3 Å². The zero-order chi connectivity index (χ0) is 15.9. The third-order valence-corrected chi connectivity index (χ3v) is 6.57. The van der Waals surface area contributed by atoms with Gasteiger partial charge in [0.15, 0.2) is 0 Å². The van der Waals surface area contributed by atoms with E-state index < -0.39 is 10.0 Å². The molecule has 1 N–H and O–H groups in total. The van der Waals surface area contributed by atoms with E-state index in [1.807, 2.05) is 30.5 Å². The Bertz CT molecular complexity index is 980. The smallest absolute Gasteiger partial charge is 0.240 e. The number of nitrogens with one attached hydrogen (secondary N) is 1. The van der Waals surface area contributed by atoms with Crippen LogP contribution in [0.15, 0.2) is 40.7 Å². The molecule has 0 atom stereocenters. The fourth-order valence-corrected chi connectivity index (χ4v) is 5.32. The first kappa shape index (κ1) is 14.7. The molecule has 4 rings (SSSR count).